The standard InChI is InChI=1S/C25H36F4/c1-3-5-14-25(28,29)24-22(26)15-21(16-23(24)27)20-12-10-19(11-13-20)18-8-6-17(4-2)7-9-18/h15-20H,3-14H2,1-2H3. The van der Waals surface area contributed by atoms with E-state index in [0.717, 1.165) is 43.4 Å². The van der Waals surface area contributed by atoms with Gasteiger partial charge in [-0.15, -0.1) is 0 Å². The summed E-state index contributed by atoms with van der Waals surface area (Å²) in [5.41, 5.74) is -0.487. The van der Waals surface area contributed by atoms with Crippen molar-refractivity contribution < 1.29 is 17.6 Å². The number of benzene rings is 1. The van der Waals surface area contributed by atoms with Gasteiger partial charge in [0.05, 0.1) is 5.56 Å². The largest absolute Gasteiger partial charge is 0.278 e. The van der Waals surface area contributed by atoms with Gasteiger partial charge in [0.25, 0.3) is 5.92 Å². The fourth-order valence-corrected chi connectivity index (χ4v) is 5.69. The number of rotatable bonds is 7. The molecule has 2 saturated carbocycles. The predicted molar refractivity (Wildman–Crippen MR) is 110 cm³/mol. The zero-order valence-electron chi connectivity index (χ0n) is 18.0. The number of unbranched alkanes of at least 4 members (excludes halogenated alkanes) is 1. The lowest BCUT2D eigenvalue weighted by Crippen LogP contribution is -2.25. The van der Waals surface area contributed by atoms with Crippen molar-refractivity contribution in [3.05, 3.63) is 34.9 Å². The molecule has 0 aliphatic heterocycles. The Morgan fingerprint density at radius 2 is 1.34 bits per heavy atom. The van der Waals surface area contributed by atoms with E-state index in [-0.39, 0.29) is 12.3 Å². The smallest absolute Gasteiger partial charge is 0.206 e. The summed E-state index contributed by atoms with van der Waals surface area (Å²) in [5, 5.41) is 0. The molecule has 2 aliphatic carbocycles. The van der Waals surface area contributed by atoms with Gasteiger partial charge in [0.15, 0.2) is 0 Å². The molecule has 0 bridgehead atoms. The second kappa shape index (κ2) is 9.83. The average Bonchev–Trinajstić information content (AvgIpc) is 2.72. The van der Waals surface area contributed by atoms with Crippen molar-refractivity contribution in [3.63, 3.8) is 0 Å². The maximum Gasteiger partial charge on any atom is 0.278 e. The first-order chi connectivity index (χ1) is 13.9. The number of hydrogen-bond donors (Lipinski definition) is 0. The normalized spacial score (nSPS) is 28.5. The summed E-state index contributed by atoms with van der Waals surface area (Å²) < 4.78 is 57.6. The Labute approximate surface area is 173 Å². The van der Waals surface area contributed by atoms with Crippen LogP contribution in [0.15, 0.2) is 12.1 Å². The minimum atomic E-state index is -3.45. The molecule has 0 spiro atoms. The van der Waals surface area contributed by atoms with Crippen LogP contribution in [0.4, 0.5) is 17.6 Å². The summed E-state index contributed by atoms with van der Waals surface area (Å²) in [6.45, 7) is 4.07. The van der Waals surface area contributed by atoms with Gasteiger partial charge >= 0.3 is 0 Å². The maximum atomic E-state index is 14.5. The second-order valence-electron chi connectivity index (χ2n) is 9.47. The van der Waals surface area contributed by atoms with E-state index in [0.29, 0.717) is 12.0 Å². The topological polar surface area (TPSA) is 0 Å². The molecule has 164 valence electrons. The summed E-state index contributed by atoms with van der Waals surface area (Å²) in [6.07, 6.45) is 10.9. The summed E-state index contributed by atoms with van der Waals surface area (Å²) in [5.74, 6) is -3.12. The lowest BCUT2D eigenvalue weighted by Gasteiger charge is -2.38. The lowest BCUT2D eigenvalue weighted by molar-refractivity contribution is -0.0222. The van der Waals surface area contributed by atoms with E-state index in [4.69, 9.17) is 0 Å². The van der Waals surface area contributed by atoms with Gasteiger partial charge in [0.1, 0.15) is 11.6 Å². The van der Waals surface area contributed by atoms with Gasteiger partial charge in [-0.1, -0.05) is 39.5 Å². The van der Waals surface area contributed by atoms with Crippen LogP contribution >= 0.6 is 0 Å². The van der Waals surface area contributed by atoms with Crippen LogP contribution in [0.3, 0.4) is 0 Å². The van der Waals surface area contributed by atoms with E-state index in [9.17, 15) is 17.6 Å². The van der Waals surface area contributed by atoms with Gasteiger partial charge in [0, 0.05) is 6.42 Å². The molecule has 0 nitrogen and oxygen atoms in total. The Morgan fingerprint density at radius 1 is 0.828 bits per heavy atom. The Balaban J connectivity index is 1.62. The first-order valence-corrected chi connectivity index (χ1v) is 11.7. The van der Waals surface area contributed by atoms with E-state index < -0.39 is 29.5 Å². The molecule has 0 aromatic heterocycles. The highest BCUT2D eigenvalue weighted by molar-refractivity contribution is 5.32. The minimum absolute atomic E-state index is 0.0838. The van der Waals surface area contributed by atoms with Crippen molar-refractivity contribution in [3.8, 4) is 0 Å². The number of alkyl halides is 2. The van der Waals surface area contributed by atoms with Crippen LogP contribution in [0, 0.1) is 29.4 Å². The van der Waals surface area contributed by atoms with Gasteiger partial charge in [-0.25, -0.2) is 17.6 Å². The molecule has 29 heavy (non-hydrogen) atoms. The van der Waals surface area contributed by atoms with Crippen LogP contribution in [0.25, 0.3) is 0 Å². The first kappa shape index (κ1) is 22.6. The molecule has 0 amide bonds. The molecular formula is C25H36F4. The quantitative estimate of drug-likeness (QED) is 0.393. The van der Waals surface area contributed by atoms with E-state index in [2.05, 4.69) is 6.92 Å². The molecule has 2 aliphatic rings. The summed E-state index contributed by atoms with van der Waals surface area (Å²) in [6, 6.07) is 2.35. The maximum absolute atomic E-state index is 14.5. The van der Waals surface area contributed by atoms with Crippen LogP contribution in [0.5, 0.6) is 0 Å². The van der Waals surface area contributed by atoms with Crippen LogP contribution in [0.2, 0.25) is 0 Å². The molecule has 0 atom stereocenters. The van der Waals surface area contributed by atoms with Gasteiger partial charge in [-0.05, 0) is 86.3 Å². The van der Waals surface area contributed by atoms with Crippen molar-refractivity contribution in [2.75, 3.05) is 0 Å². The van der Waals surface area contributed by atoms with E-state index in [1.165, 1.54) is 44.2 Å². The third-order valence-corrected chi connectivity index (χ3v) is 7.65. The zero-order chi connectivity index (χ0) is 21.0. The highest BCUT2D eigenvalue weighted by Gasteiger charge is 2.38. The molecule has 2 fully saturated rings. The zero-order valence-corrected chi connectivity index (χ0v) is 18.0. The molecule has 4 heteroatoms. The van der Waals surface area contributed by atoms with Crippen LogP contribution < -0.4 is 0 Å². The minimum Gasteiger partial charge on any atom is -0.206 e. The lowest BCUT2D eigenvalue weighted by atomic mass is 9.68. The second-order valence-corrected chi connectivity index (χ2v) is 9.47. The molecule has 1 aromatic rings. The fraction of sp³-hybridized carbons (Fsp3) is 0.760. The Bertz CT molecular complexity index is 630. The molecule has 0 radical (unpaired) electrons. The number of hydrogen-bond acceptors (Lipinski definition) is 0. The van der Waals surface area contributed by atoms with Crippen LogP contribution in [-0.2, 0) is 5.92 Å². The summed E-state index contributed by atoms with van der Waals surface area (Å²) >= 11 is 0. The van der Waals surface area contributed by atoms with E-state index in [1.54, 1.807) is 6.92 Å². The van der Waals surface area contributed by atoms with Crippen LogP contribution in [0.1, 0.15) is 108 Å². The fourth-order valence-electron chi connectivity index (χ4n) is 5.69. The molecule has 0 saturated heterocycles. The third-order valence-electron chi connectivity index (χ3n) is 7.65. The molecule has 3 rings (SSSR count). The van der Waals surface area contributed by atoms with Crippen molar-refractivity contribution >= 4 is 0 Å². The Hall–Kier alpha value is -1.06. The monoisotopic (exact) mass is 412 g/mol. The van der Waals surface area contributed by atoms with Gasteiger partial charge in [0.2, 0.25) is 0 Å². The van der Waals surface area contributed by atoms with Gasteiger partial charge in [-0.2, -0.15) is 0 Å². The molecular weight excluding hydrogens is 376 g/mol. The predicted octanol–water partition coefficient (Wildman–Crippen LogP) is 8.74. The van der Waals surface area contributed by atoms with Crippen molar-refractivity contribution in [2.24, 2.45) is 17.8 Å². The van der Waals surface area contributed by atoms with Crippen molar-refractivity contribution in [2.45, 2.75) is 103 Å². The molecule has 1 aromatic carbocycles. The first-order valence-electron chi connectivity index (χ1n) is 11.7. The SMILES string of the molecule is CCCCC(F)(F)c1c(F)cc(C2CCC(C3CCC(CC)CC3)CC2)cc1F. The van der Waals surface area contributed by atoms with E-state index in [1.807, 2.05) is 0 Å². The molecule has 0 N–H and O–H groups in total. The van der Waals surface area contributed by atoms with Crippen molar-refractivity contribution in [1.82, 2.24) is 0 Å². The average molecular weight is 413 g/mol. The Morgan fingerprint density at radius 3 is 1.83 bits per heavy atom. The van der Waals surface area contributed by atoms with Gasteiger partial charge in [-0.3, -0.25) is 0 Å². The summed E-state index contributed by atoms with van der Waals surface area (Å²) in [7, 11) is 0. The van der Waals surface area contributed by atoms with Gasteiger partial charge < -0.3 is 0 Å². The molecule has 0 unspecified atom stereocenters. The summed E-state index contributed by atoms with van der Waals surface area (Å²) in [4.78, 5) is 0. The Kier molecular flexibility index (Phi) is 7.67. The number of halogens is 4. The van der Waals surface area contributed by atoms with E-state index >= 15 is 0 Å². The molecule has 0 heterocycles. The highest BCUT2D eigenvalue weighted by atomic mass is 19.3. The van der Waals surface area contributed by atoms with Crippen molar-refractivity contribution in [1.29, 1.82) is 0 Å². The third kappa shape index (κ3) is 5.35. The highest BCUT2D eigenvalue weighted by Crippen LogP contribution is 2.45. The van der Waals surface area contributed by atoms with Crippen LogP contribution in [-0.4, -0.2) is 0 Å².